The third-order valence-electron chi connectivity index (χ3n) is 1.44. The van der Waals surface area contributed by atoms with Crippen molar-refractivity contribution in [1.29, 1.82) is 0 Å². The molecule has 0 atom stereocenters. The van der Waals surface area contributed by atoms with Gasteiger partial charge in [0.05, 0.1) is 20.3 Å². The molecule has 0 aromatic carbocycles. The molecule has 1 fully saturated rings. The van der Waals surface area contributed by atoms with E-state index in [0.29, 0.717) is 26.3 Å². The summed E-state index contributed by atoms with van der Waals surface area (Å²) in [5.74, 6) is 0. The highest BCUT2D eigenvalue weighted by atomic mass is 16.5. The van der Waals surface area contributed by atoms with Gasteiger partial charge in [-0.1, -0.05) is 0 Å². The molecule has 1 rings (SSSR count). The van der Waals surface area contributed by atoms with E-state index in [0.717, 1.165) is 0 Å². The molecule has 0 radical (unpaired) electrons. The van der Waals surface area contributed by atoms with Gasteiger partial charge in [0.15, 0.2) is 0 Å². The van der Waals surface area contributed by atoms with Gasteiger partial charge in [0.25, 0.3) is 0 Å². The Morgan fingerprint density at radius 1 is 1.50 bits per heavy atom. The molecule has 0 N–H and O–H groups in total. The number of nitrogens with zero attached hydrogens (tertiary/aromatic N) is 1. The van der Waals surface area contributed by atoms with Crippen molar-refractivity contribution in [2.45, 2.75) is 0 Å². The first kappa shape index (κ1) is 7.34. The Morgan fingerprint density at radius 3 is 2.60 bits per heavy atom. The van der Waals surface area contributed by atoms with Crippen molar-refractivity contribution in [3.63, 3.8) is 0 Å². The van der Waals surface area contributed by atoms with Gasteiger partial charge in [-0.25, -0.2) is 4.79 Å². The van der Waals surface area contributed by atoms with Gasteiger partial charge in [0.2, 0.25) is 0 Å². The predicted molar refractivity (Wildman–Crippen MR) is 34.8 cm³/mol. The fourth-order valence-corrected chi connectivity index (χ4v) is 0.875. The molecule has 1 aliphatic rings. The van der Waals surface area contributed by atoms with E-state index in [1.54, 1.807) is 4.90 Å². The summed E-state index contributed by atoms with van der Waals surface area (Å²) in [4.78, 5) is 12.4. The topological polar surface area (TPSA) is 38.8 Å². The lowest BCUT2D eigenvalue weighted by atomic mass is 10.5. The molecular weight excluding hydrogens is 134 g/mol. The molecular formula is C6H11NO3. The maximum absolute atomic E-state index is 10.8. The van der Waals surface area contributed by atoms with Crippen LogP contribution in [0.5, 0.6) is 0 Å². The van der Waals surface area contributed by atoms with Gasteiger partial charge in [-0.3, -0.25) is 0 Å². The molecule has 0 saturated carbocycles. The van der Waals surface area contributed by atoms with E-state index in [2.05, 4.69) is 4.74 Å². The summed E-state index contributed by atoms with van der Waals surface area (Å²) in [7, 11) is 1.39. The van der Waals surface area contributed by atoms with Crippen LogP contribution in [0, 0.1) is 0 Å². The number of ether oxygens (including phenoxy) is 2. The number of rotatable bonds is 0. The van der Waals surface area contributed by atoms with Gasteiger partial charge in [0, 0.05) is 13.1 Å². The van der Waals surface area contributed by atoms with Crippen LogP contribution in [0.2, 0.25) is 0 Å². The van der Waals surface area contributed by atoms with Crippen LogP contribution < -0.4 is 0 Å². The van der Waals surface area contributed by atoms with Crippen LogP contribution >= 0.6 is 0 Å². The smallest absolute Gasteiger partial charge is 0.409 e. The molecule has 4 heteroatoms. The molecule has 0 spiro atoms. The highest BCUT2D eigenvalue weighted by Gasteiger charge is 2.15. The lowest BCUT2D eigenvalue weighted by Crippen LogP contribution is -2.40. The Bertz CT molecular complexity index is 120. The highest BCUT2D eigenvalue weighted by molar-refractivity contribution is 5.67. The van der Waals surface area contributed by atoms with E-state index in [4.69, 9.17) is 4.74 Å². The summed E-state index contributed by atoms with van der Waals surface area (Å²) in [5, 5.41) is 0. The standard InChI is InChI=1S/C6H11NO3/c1-9-6(8)7-2-4-10-5-3-7/h2-5H2,1H3. The molecule has 0 aromatic rings. The van der Waals surface area contributed by atoms with Gasteiger partial charge in [0.1, 0.15) is 0 Å². The van der Waals surface area contributed by atoms with Crippen LogP contribution in [0.4, 0.5) is 4.79 Å². The summed E-state index contributed by atoms with van der Waals surface area (Å²) < 4.78 is 9.57. The Morgan fingerprint density at radius 2 is 2.10 bits per heavy atom. The van der Waals surface area contributed by atoms with E-state index in [-0.39, 0.29) is 6.09 Å². The summed E-state index contributed by atoms with van der Waals surface area (Å²) in [5.41, 5.74) is 0. The van der Waals surface area contributed by atoms with E-state index in [1.807, 2.05) is 0 Å². The van der Waals surface area contributed by atoms with Gasteiger partial charge in [-0.15, -0.1) is 0 Å². The van der Waals surface area contributed by atoms with E-state index < -0.39 is 0 Å². The van der Waals surface area contributed by atoms with Crippen LogP contribution in [0.25, 0.3) is 0 Å². The minimum absolute atomic E-state index is 0.261. The zero-order valence-electron chi connectivity index (χ0n) is 6.00. The van der Waals surface area contributed by atoms with Crippen LogP contribution in [-0.4, -0.2) is 44.4 Å². The zero-order valence-corrected chi connectivity index (χ0v) is 6.00. The van der Waals surface area contributed by atoms with Crippen molar-refractivity contribution in [2.75, 3.05) is 33.4 Å². The number of hydrogen-bond acceptors (Lipinski definition) is 3. The Kier molecular flexibility index (Phi) is 2.50. The Hall–Kier alpha value is -0.770. The molecule has 1 amide bonds. The van der Waals surface area contributed by atoms with Crippen molar-refractivity contribution in [3.05, 3.63) is 0 Å². The molecule has 0 bridgehead atoms. The second-order valence-corrected chi connectivity index (χ2v) is 2.07. The van der Waals surface area contributed by atoms with Gasteiger partial charge in [-0.2, -0.15) is 0 Å². The zero-order chi connectivity index (χ0) is 7.40. The van der Waals surface area contributed by atoms with Crippen molar-refractivity contribution in [3.8, 4) is 0 Å². The van der Waals surface area contributed by atoms with Gasteiger partial charge >= 0.3 is 6.09 Å². The third kappa shape index (κ3) is 1.60. The number of hydrogen-bond donors (Lipinski definition) is 0. The minimum Gasteiger partial charge on any atom is -0.453 e. The van der Waals surface area contributed by atoms with E-state index in [1.165, 1.54) is 7.11 Å². The number of morpholine rings is 1. The largest absolute Gasteiger partial charge is 0.453 e. The maximum Gasteiger partial charge on any atom is 0.409 e. The van der Waals surface area contributed by atoms with Gasteiger partial charge < -0.3 is 14.4 Å². The van der Waals surface area contributed by atoms with Crippen molar-refractivity contribution < 1.29 is 14.3 Å². The summed E-state index contributed by atoms with van der Waals surface area (Å²) in [6.45, 7) is 2.53. The quantitative estimate of drug-likeness (QED) is 0.484. The maximum atomic E-state index is 10.8. The van der Waals surface area contributed by atoms with E-state index in [9.17, 15) is 4.79 Å². The molecule has 58 valence electrons. The second-order valence-electron chi connectivity index (χ2n) is 2.07. The molecule has 0 aliphatic carbocycles. The summed E-state index contributed by atoms with van der Waals surface area (Å²) in [6.07, 6.45) is -0.261. The second kappa shape index (κ2) is 3.41. The first-order valence-corrected chi connectivity index (χ1v) is 3.25. The fourth-order valence-electron chi connectivity index (χ4n) is 0.875. The number of methoxy groups -OCH3 is 1. The number of carbonyl (C=O) groups excluding carboxylic acids is 1. The summed E-state index contributed by atoms with van der Waals surface area (Å²) >= 11 is 0. The molecule has 1 saturated heterocycles. The van der Waals surface area contributed by atoms with Crippen LogP contribution in [-0.2, 0) is 9.47 Å². The number of carbonyl (C=O) groups is 1. The molecule has 0 aromatic heterocycles. The van der Waals surface area contributed by atoms with Crippen molar-refractivity contribution in [2.24, 2.45) is 0 Å². The predicted octanol–water partition coefficient (Wildman–Crippen LogP) is 0.0850. The summed E-state index contributed by atoms with van der Waals surface area (Å²) in [6, 6.07) is 0. The SMILES string of the molecule is COC(=O)N1CCOCC1. The molecule has 1 heterocycles. The van der Waals surface area contributed by atoms with Crippen LogP contribution in [0.15, 0.2) is 0 Å². The highest BCUT2D eigenvalue weighted by Crippen LogP contribution is 1.97. The average molecular weight is 145 g/mol. The molecule has 1 aliphatic heterocycles. The lowest BCUT2D eigenvalue weighted by Gasteiger charge is -2.24. The van der Waals surface area contributed by atoms with Crippen LogP contribution in [0.1, 0.15) is 0 Å². The normalized spacial score (nSPS) is 18.7. The molecule has 4 nitrogen and oxygen atoms in total. The molecule has 0 unspecified atom stereocenters. The molecule has 10 heavy (non-hydrogen) atoms. The Balaban J connectivity index is 2.31. The van der Waals surface area contributed by atoms with E-state index >= 15 is 0 Å². The fraction of sp³-hybridized carbons (Fsp3) is 0.833. The number of amides is 1. The third-order valence-corrected chi connectivity index (χ3v) is 1.44. The first-order valence-electron chi connectivity index (χ1n) is 3.25. The average Bonchev–Trinajstić information content (AvgIpc) is 2.05. The monoisotopic (exact) mass is 145 g/mol. The first-order chi connectivity index (χ1) is 4.84. The van der Waals surface area contributed by atoms with Gasteiger partial charge in [-0.05, 0) is 0 Å². The Labute approximate surface area is 59.7 Å². The van der Waals surface area contributed by atoms with Crippen LogP contribution in [0.3, 0.4) is 0 Å². The van der Waals surface area contributed by atoms with Crippen molar-refractivity contribution >= 4 is 6.09 Å². The lowest BCUT2D eigenvalue weighted by molar-refractivity contribution is 0.0334. The minimum atomic E-state index is -0.261. The van der Waals surface area contributed by atoms with Crippen molar-refractivity contribution in [1.82, 2.24) is 4.90 Å².